The summed E-state index contributed by atoms with van der Waals surface area (Å²) in [7, 11) is 5.49. The van der Waals surface area contributed by atoms with Gasteiger partial charge in [-0.15, -0.1) is 0 Å². The number of likely N-dealkylation sites (tertiary alicyclic amines) is 1. The zero-order chi connectivity index (χ0) is 27.4. The molecule has 2 aliphatic heterocycles. The molecule has 39 heavy (non-hydrogen) atoms. The zero-order valence-corrected chi connectivity index (χ0v) is 23.0. The monoisotopic (exact) mass is 536 g/mol. The van der Waals surface area contributed by atoms with Crippen LogP contribution in [-0.4, -0.2) is 99.3 Å². The minimum Gasteiger partial charge on any atom is -0.493 e. The molecule has 0 bridgehead atoms. The average molecular weight is 537 g/mol. The molecule has 10 heteroatoms. The number of carbonyl (C=O) groups is 1. The first-order chi connectivity index (χ1) is 18.9. The van der Waals surface area contributed by atoms with Gasteiger partial charge in [0.1, 0.15) is 11.6 Å². The third kappa shape index (κ3) is 6.16. The quantitative estimate of drug-likeness (QED) is 0.384. The summed E-state index contributed by atoms with van der Waals surface area (Å²) < 4.78 is 25.2. The zero-order valence-electron chi connectivity index (χ0n) is 23.0. The van der Waals surface area contributed by atoms with Crippen LogP contribution in [-0.2, 0) is 0 Å². The molecule has 2 fully saturated rings. The number of piperazine rings is 1. The normalized spacial score (nSPS) is 16.1. The van der Waals surface area contributed by atoms with E-state index in [-0.39, 0.29) is 11.7 Å². The number of ether oxygens (including phenoxy) is 2. The summed E-state index contributed by atoms with van der Waals surface area (Å²) >= 11 is 0. The first-order valence-corrected chi connectivity index (χ1v) is 13.6. The van der Waals surface area contributed by atoms with Crippen molar-refractivity contribution >= 4 is 28.6 Å². The second kappa shape index (κ2) is 12.0. The van der Waals surface area contributed by atoms with E-state index in [4.69, 9.17) is 19.4 Å². The molecule has 2 aliphatic rings. The molecular formula is C29H37FN6O3. The summed E-state index contributed by atoms with van der Waals surface area (Å²) in [6.07, 6.45) is 3.53. The number of carbonyl (C=O) groups excluding carboxylic acids is 1. The van der Waals surface area contributed by atoms with Gasteiger partial charge >= 0.3 is 0 Å². The molecule has 0 radical (unpaired) electrons. The lowest BCUT2D eigenvalue weighted by Gasteiger charge is -2.36. The number of aromatic nitrogens is 2. The number of fused-ring (bicyclic) bond motifs is 1. The van der Waals surface area contributed by atoms with Gasteiger partial charge in [-0.25, -0.2) is 9.37 Å². The van der Waals surface area contributed by atoms with E-state index in [0.717, 1.165) is 29.7 Å². The molecule has 1 amide bonds. The molecule has 2 saturated heterocycles. The summed E-state index contributed by atoms with van der Waals surface area (Å²) in [5.41, 5.74) is 1.27. The van der Waals surface area contributed by atoms with Gasteiger partial charge in [0.15, 0.2) is 11.5 Å². The Bertz CT molecular complexity index is 1290. The van der Waals surface area contributed by atoms with Crippen LogP contribution < -0.4 is 19.3 Å². The Morgan fingerprint density at radius 2 is 1.69 bits per heavy atom. The van der Waals surface area contributed by atoms with Crippen LogP contribution in [0.5, 0.6) is 11.5 Å². The van der Waals surface area contributed by atoms with Gasteiger partial charge in [0.05, 0.1) is 19.2 Å². The Labute approximate surface area is 229 Å². The molecule has 0 unspecified atom stereocenters. The molecule has 3 heterocycles. The molecule has 5 rings (SSSR count). The molecule has 9 nitrogen and oxygen atoms in total. The molecule has 208 valence electrons. The van der Waals surface area contributed by atoms with Gasteiger partial charge in [0.2, 0.25) is 5.95 Å². The van der Waals surface area contributed by atoms with E-state index in [1.54, 1.807) is 12.0 Å². The summed E-state index contributed by atoms with van der Waals surface area (Å²) in [6.45, 7) is 6.32. The molecule has 0 spiro atoms. The first-order valence-electron chi connectivity index (χ1n) is 13.6. The van der Waals surface area contributed by atoms with Crippen LogP contribution in [0, 0.1) is 5.82 Å². The number of hydrogen-bond acceptors (Lipinski definition) is 8. The number of benzene rings is 2. The Hall–Kier alpha value is -3.66. The van der Waals surface area contributed by atoms with E-state index in [0.29, 0.717) is 55.8 Å². The van der Waals surface area contributed by atoms with Gasteiger partial charge in [0.25, 0.3) is 5.91 Å². The molecular weight excluding hydrogens is 499 g/mol. The van der Waals surface area contributed by atoms with E-state index in [1.807, 2.05) is 31.1 Å². The van der Waals surface area contributed by atoms with Crippen LogP contribution in [0.15, 0.2) is 36.4 Å². The highest BCUT2D eigenvalue weighted by Crippen LogP contribution is 2.36. The summed E-state index contributed by atoms with van der Waals surface area (Å²) in [5, 5.41) is 0.875. The topological polar surface area (TPSA) is 74.3 Å². The Kier molecular flexibility index (Phi) is 8.30. The SMILES string of the molecule is COc1cc2c(N3CCN(C(=O)c4ccc(F)cc4)CC3)nc(N(C)C)nc2cc1OCCCN1CCCC1. The lowest BCUT2D eigenvalue weighted by atomic mass is 10.1. The van der Waals surface area contributed by atoms with Crippen LogP contribution in [0.4, 0.5) is 16.2 Å². The van der Waals surface area contributed by atoms with Crippen molar-refractivity contribution in [2.75, 3.05) is 83.4 Å². The van der Waals surface area contributed by atoms with Gasteiger partial charge in [0, 0.05) is 63.8 Å². The third-order valence-corrected chi connectivity index (χ3v) is 7.38. The van der Waals surface area contributed by atoms with Crippen molar-refractivity contribution in [3.05, 3.63) is 47.8 Å². The van der Waals surface area contributed by atoms with Crippen LogP contribution in [0.1, 0.15) is 29.6 Å². The highest BCUT2D eigenvalue weighted by Gasteiger charge is 2.26. The van der Waals surface area contributed by atoms with Gasteiger partial charge in [-0.2, -0.15) is 4.98 Å². The number of rotatable bonds is 9. The lowest BCUT2D eigenvalue weighted by Crippen LogP contribution is -2.49. The summed E-state index contributed by atoms with van der Waals surface area (Å²) in [6, 6.07) is 9.59. The van der Waals surface area contributed by atoms with E-state index < -0.39 is 0 Å². The minimum absolute atomic E-state index is 0.0932. The fourth-order valence-electron chi connectivity index (χ4n) is 5.19. The van der Waals surface area contributed by atoms with E-state index in [9.17, 15) is 9.18 Å². The molecule has 0 N–H and O–H groups in total. The Balaban J connectivity index is 1.34. The first kappa shape index (κ1) is 26.9. The van der Waals surface area contributed by atoms with Gasteiger partial charge in [-0.05, 0) is 62.7 Å². The lowest BCUT2D eigenvalue weighted by molar-refractivity contribution is 0.0746. The van der Waals surface area contributed by atoms with Crippen molar-refractivity contribution in [1.82, 2.24) is 19.8 Å². The number of halogens is 1. The maximum absolute atomic E-state index is 13.3. The maximum atomic E-state index is 13.3. The van der Waals surface area contributed by atoms with Crippen molar-refractivity contribution in [1.29, 1.82) is 0 Å². The number of nitrogens with zero attached hydrogens (tertiary/aromatic N) is 6. The number of methoxy groups -OCH3 is 1. The Morgan fingerprint density at radius 3 is 2.36 bits per heavy atom. The van der Waals surface area contributed by atoms with Gasteiger partial charge in [-0.1, -0.05) is 0 Å². The van der Waals surface area contributed by atoms with Crippen LogP contribution in [0.25, 0.3) is 10.9 Å². The van der Waals surface area contributed by atoms with Crippen molar-refractivity contribution in [2.45, 2.75) is 19.3 Å². The highest BCUT2D eigenvalue weighted by atomic mass is 19.1. The highest BCUT2D eigenvalue weighted by molar-refractivity contribution is 5.95. The van der Waals surface area contributed by atoms with E-state index in [1.165, 1.54) is 50.2 Å². The average Bonchev–Trinajstić information content (AvgIpc) is 3.48. The Morgan fingerprint density at radius 1 is 0.974 bits per heavy atom. The minimum atomic E-state index is -0.352. The summed E-state index contributed by atoms with van der Waals surface area (Å²) in [5.74, 6) is 2.29. The predicted octanol–water partition coefficient (Wildman–Crippen LogP) is 3.67. The standard InChI is InChI=1S/C29H37FN6O3/c1-33(2)29-31-24-20-26(39-18-6-13-34-11-4-5-12-34)25(38-3)19-23(24)27(32-29)35-14-16-36(17-15-35)28(37)21-7-9-22(30)10-8-21/h7-10,19-20H,4-6,11-18H2,1-3H3. The molecule has 3 aromatic rings. The van der Waals surface area contributed by atoms with Gasteiger partial charge in [-0.3, -0.25) is 4.79 Å². The van der Waals surface area contributed by atoms with Crippen LogP contribution in [0.3, 0.4) is 0 Å². The van der Waals surface area contributed by atoms with Crippen molar-refractivity contribution in [3.8, 4) is 11.5 Å². The molecule has 0 saturated carbocycles. The smallest absolute Gasteiger partial charge is 0.253 e. The number of amides is 1. The number of hydrogen-bond donors (Lipinski definition) is 0. The van der Waals surface area contributed by atoms with Crippen molar-refractivity contribution in [2.24, 2.45) is 0 Å². The van der Waals surface area contributed by atoms with Crippen LogP contribution in [0.2, 0.25) is 0 Å². The molecule has 2 aromatic carbocycles. The van der Waals surface area contributed by atoms with E-state index in [2.05, 4.69) is 9.80 Å². The fraction of sp³-hybridized carbons (Fsp3) is 0.483. The third-order valence-electron chi connectivity index (χ3n) is 7.38. The van der Waals surface area contributed by atoms with E-state index >= 15 is 0 Å². The second-order valence-corrected chi connectivity index (χ2v) is 10.3. The largest absolute Gasteiger partial charge is 0.493 e. The molecule has 0 atom stereocenters. The predicted molar refractivity (Wildman–Crippen MR) is 151 cm³/mol. The fourth-order valence-corrected chi connectivity index (χ4v) is 5.19. The molecule has 0 aliphatic carbocycles. The van der Waals surface area contributed by atoms with Crippen LogP contribution >= 0.6 is 0 Å². The summed E-state index contributed by atoms with van der Waals surface area (Å²) in [4.78, 5) is 31.0. The molecule has 1 aromatic heterocycles. The maximum Gasteiger partial charge on any atom is 0.253 e. The number of anilines is 2. The second-order valence-electron chi connectivity index (χ2n) is 10.3. The van der Waals surface area contributed by atoms with Gasteiger partial charge < -0.3 is 29.1 Å². The van der Waals surface area contributed by atoms with Crippen molar-refractivity contribution in [3.63, 3.8) is 0 Å². The van der Waals surface area contributed by atoms with Crippen molar-refractivity contribution < 1.29 is 18.7 Å².